The Balaban J connectivity index is 0.993. The van der Waals surface area contributed by atoms with E-state index in [-0.39, 0.29) is 23.7 Å². The lowest BCUT2D eigenvalue weighted by Crippen LogP contribution is -2.35. The van der Waals surface area contributed by atoms with Crippen LogP contribution >= 0.6 is 0 Å². The number of carbonyl (C=O) groups is 2. The third-order valence-corrected chi connectivity index (χ3v) is 7.82. The van der Waals surface area contributed by atoms with Crippen LogP contribution in [0, 0.1) is 5.41 Å². The molecule has 40 heavy (non-hydrogen) atoms. The van der Waals surface area contributed by atoms with Crippen molar-refractivity contribution in [3.8, 4) is 17.2 Å². The van der Waals surface area contributed by atoms with Crippen LogP contribution in [0.25, 0.3) is 10.9 Å². The van der Waals surface area contributed by atoms with Crippen LogP contribution in [0.5, 0.6) is 17.2 Å². The molecule has 2 aromatic heterocycles. The lowest BCUT2D eigenvalue weighted by atomic mass is 10.1. The summed E-state index contributed by atoms with van der Waals surface area (Å²) in [6.07, 6.45) is 8.21. The van der Waals surface area contributed by atoms with Crippen LogP contribution in [-0.4, -0.2) is 33.7 Å². The van der Waals surface area contributed by atoms with Crippen molar-refractivity contribution in [1.82, 2.24) is 9.97 Å². The molecule has 3 heterocycles. The average molecular weight is 537 g/mol. The summed E-state index contributed by atoms with van der Waals surface area (Å²) in [4.78, 5) is 34.6. The first-order valence-electron chi connectivity index (χ1n) is 13.6. The summed E-state index contributed by atoms with van der Waals surface area (Å²) in [6, 6.07) is 20.0. The van der Waals surface area contributed by atoms with E-state index in [2.05, 4.69) is 20.6 Å². The molecule has 2 N–H and O–H groups in total. The standard InChI is InChI=1S/C31H28N4O5/c36-28(34-20-4-2-1-3-5-20)31(15-16-31)29(37)35-26-9-7-22(19-33-26)38-25-11-17-32-24-18-21(6-8-23(24)25)39-27-10-12-30(40-27)13-14-30/h1-9,11,17-19,27H,10,12-16H2,(H,34,36)(H,33,35,37). The SMILES string of the molecule is O=C(Nc1ccccc1)C1(C(=O)Nc2ccc(Oc3ccnc4cc(OC5CCC6(CC6)O5)ccc34)cn2)CC1. The first-order valence-corrected chi connectivity index (χ1v) is 13.6. The van der Waals surface area contributed by atoms with Gasteiger partial charge in [-0.3, -0.25) is 14.6 Å². The highest BCUT2D eigenvalue weighted by Crippen LogP contribution is 2.50. The lowest BCUT2D eigenvalue weighted by molar-refractivity contribution is -0.131. The predicted molar refractivity (Wildman–Crippen MR) is 148 cm³/mol. The Labute approximate surface area is 230 Å². The van der Waals surface area contributed by atoms with Gasteiger partial charge < -0.3 is 24.8 Å². The van der Waals surface area contributed by atoms with E-state index in [0.717, 1.165) is 36.6 Å². The molecule has 1 spiro atoms. The van der Waals surface area contributed by atoms with Gasteiger partial charge in [-0.05, 0) is 74.6 Å². The number of hydrogen-bond donors (Lipinski definition) is 2. The number of hydrogen-bond acceptors (Lipinski definition) is 7. The second-order valence-electron chi connectivity index (χ2n) is 10.7. The zero-order valence-electron chi connectivity index (χ0n) is 21.8. The van der Waals surface area contributed by atoms with Crippen molar-refractivity contribution in [3.05, 3.63) is 79.1 Å². The maximum atomic E-state index is 13.0. The van der Waals surface area contributed by atoms with Gasteiger partial charge in [0.2, 0.25) is 18.1 Å². The second kappa shape index (κ2) is 9.60. The molecule has 9 nitrogen and oxygen atoms in total. The molecule has 0 bridgehead atoms. The smallest absolute Gasteiger partial charge is 0.241 e. The van der Waals surface area contributed by atoms with Gasteiger partial charge >= 0.3 is 0 Å². The normalized spacial score (nSPS) is 19.6. The number of benzene rings is 2. The summed E-state index contributed by atoms with van der Waals surface area (Å²) in [7, 11) is 0. The largest absolute Gasteiger partial charge is 0.465 e. The predicted octanol–water partition coefficient (Wildman–Crippen LogP) is 5.83. The second-order valence-corrected chi connectivity index (χ2v) is 10.7. The van der Waals surface area contributed by atoms with Crippen molar-refractivity contribution < 1.29 is 23.8 Å². The minimum atomic E-state index is -1.07. The molecule has 2 saturated carbocycles. The van der Waals surface area contributed by atoms with Crippen LogP contribution in [0.3, 0.4) is 0 Å². The van der Waals surface area contributed by atoms with Crippen molar-refractivity contribution in [2.45, 2.75) is 50.4 Å². The summed E-state index contributed by atoms with van der Waals surface area (Å²) in [5.74, 6) is 1.51. The van der Waals surface area contributed by atoms with E-state index >= 15 is 0 Å². The van der Waals surface area contributed by atoms with Crippen LogP contribution in [0.2, 0.25) is 0 Å². The van der Waals surface area contributed by atoms with Gasteiger partial charge in [-0.15, -0.1) is 0 Å². The van der Waals surface area contributed by atoms with Crippen LogP contribution in [0.4, 0.5) is 11.5 Å². The summed E-state index contributed by atoms with van der Waals surface area (Å²) in [5.41, 5.74) is 0.403. The molecule has 1 unspecified atom stereocenters. The van der Waals surface area contributed by atoms with Gasteiger partial charge in [0.1, 0.15) is 28.5 Å². The quantitative estimate of drug-likeness (QED) is 0.273. The van der Waals surface area contributed by atoms with E-state index in [1.807, 2.05) is 36.4 Å². The molecular formula is C31H28N4O5. The van der Waals surface area contributed by atoms with Gasteiger partial charge in [0.05, 0.1) is 17.3 Å². The molecular weight excluding hydrogens is 508 g/mol. The number of nitrogens with one attached hydrogen (secondary N) is 2. The molecule has 2 aliphatic carbocycles. The first kappa shape index (κ1) is 24.5. The molecule has 2 amide bonds. The van der Waals surface area contributed by atoms with E-state index in [4.69, 9.17) is 14.2 Å². The Hall–Kier alpha value is -4.50. The fourth-order valence-electron chi connectivity index (χ4n) is 5.12. The summed E-state index contributed by atoms with van der Waals surface area (Å²) in [5, 5.41) is 6.44. The van der Waals surface area contributed by atoms with Crippen molar-refractivity contribution in [1.29, 1.82) is 0 Å². The molecule has 9 heteroatoms. The topological polar surface area (TPSA) is 112 Å². The Morgan fingerprint density at radius 3 is 2.38 bits per heavy atom. The molecule has 202 valence electrons. The van der Waals surface area contributed by atoms with Crippen LogP contribution in [-0.2, 0) is 14.3 Å². The van der Waals surface area contributed by atoms with Gasteiger partial charge in [-0.1, -0.05) is 18.2 Å². The third kappa shape index (κ3) is 4.84. The van der Waals surface area contributed by atoms with Crippen molar-refractivity contribution in [3.63, 3.8) is 0 Å². The van der Waals surface area contributed by atoms with Gasteiger partial charge in [0.15, 0.2) is 0 Å². The van der Waals surface area contributed by atoms with E-state index in [0.29, 0.717) is 41.6 Å². The molecule has 7 rings (SSSR count). The molecule has 1 atom stereocenters. The minimum Gasteiger partial charge on any atom is -0.465 e. The van der Waals surface area contributed by atoms with Crippen LogP contribution in [0.15, 0.2) is 79.1 Å². The average Bonchev–Trinajstić information content (AvgIpc) is 3.88. The number of anilines is 2. The van der Waals surface area contributed by atoms with Gasteiger partial charge in [0.25, 0.3) is 0 Å². The zero-order chi connectivity index (χ0) is 27.2. The Morgan fingerprint density at radius 1 is 0.850 bits per heavy atom. The van der Waals surface area contributed by atoms with Crippen molar-refractivity contribution in [2.75, 3.05) is 10.6 Å². The molecule has 4 aromatic rings. The maximum Gasteiger partial charge on any atom is 0.241 e. The molecule has 1 saturated heterocycles. The molecule has 1 aliphatic heterocycles. The maximum absolute atomic E-state index is 13.0. The number of aromatic nitrogens is 2. The fraction of sp³-hybridized carbons (Fsp3) is 0.290. The lowest BCUT2D eigenvalue weighted by Gasteiger charge is -2.16. The minimum absolute atomic E-state index is 0.0729. The first-order chi connectivity index (χ1) is 19.5. The highest BCUT2D eigenvalue weighted by Gasteiger charge is 2.56. The van der Waals surface area contributed by atoms with Gasteiger partial charge in [-0.2, -0.15) is 0 Å². The summed E-state index contributed by atoms with van der Waals surface area (Å²) >= 11 is 0. The Morgan fingerprint density at radius 2 is 1.65 bits per heavy atom. The van der Waals surface area contributed by atoms with Crippen molar-refractivity contribution in [2.24, 2.45) is 5.41 Å². The number of nitrogens with zero attached hydrogens (tertiary/aromatic N) is 2. The zero-order valence-corrected chi connectivity index (χ0v) is 21.8. The van der Waals surface area contributed by atoms with Crippen LogP contribution < -0.4 is 20.1 Å². The number of pyridine rings is 2. The van der Waals surface area contributed by atoms with Crippen molar-refractivity contribution >= 4 is 34.2 Å². The van der Waals surface area contributed by atoms with Gasteiger partial charge in [-0.25, -0.2) is 4.98 Å². The number of amides is 2. The number of ether oxygens (including phenoxy) is 3. The van der Waals surface area contributed by atoms with E-state index in [1.54, 1.807) is 36.5 Å². The summed E-state index contributed by atoms with van der Waals surface area (Å²) in [6.45, 7) is 0. The van der Waals surface area contributed by atoms with Gasteiger partial charge in [0, 0.05) is 29.8 Å². The fourth-order valence-corrected chi connectivity index (χ4v) is 5.12. The summed E-state index contributed by atoms with van der Waals surface area (Å²) < 4.78 is 18.2. The molecule has 2 aromatic carbocycles. The highest BCUT2D eigenvalue weighted by molar-refractivity contribution is 6.16. The molecule has 3 aliphatic rings. The van der Waals surface area contributed by atoms with E-state index in [9.17, 15) is 9.59 Å². The molecule has 3 fully saturated rings. The third-order valence-electron chi connectivity index (χ3n) is 7.82. The Kier molecular flexibility index (Phi) is 5.89. The number of rotatable bonds is 8. The van der Waals surface area contributed by atoms with E-state index < -0.39 is 5.41 Å². The number of fused-ring (bicyclic) bond motifs is 1. The van der Waals surface area contributed by atoms with E-state index in [1.165, 1.54) is 6.20 Å². The monoisotopic (exact) mass is 536 g/mol. The highest BCUT2D eigenvalue weighted by atomic mass is 16.7. The number of para-hydroxylation sites is 1. The Bertz CT molecular complexity index is 1580. The molecule has 0 radical (unpaired) electrons. The number of carbonyl (C=O) groups excluding carboxylic acids is 2. The van der Waals surface area contributed by atoms with Crippen LogP contribution in [0.1, 0.15) is 38.5 Å².